The van der Waals surface area contributed by atoms with Crippen molar-refractivity contribution in [3.05, 3.63) is 29.8 Å². The molecule has 0 unspecified atom stereocenters. The lowest BCUT2D eigenvalue weighted by molar-refractivity contribution is 0.466. The topological polar surface area (TPSA) is 20.2 Å². The Hall–Kier alpha value is -0.980. The van der Waals surface area contributed by atoms with Gasteiger partial charge in [-0.05, 0) is 25.0 Å². The Morgan fingerprint density at radius 2 is 2.36 bits per heavy atom. The van der Waals surface area contributed by atoms with Crippen LogP contribution in [0, 0.1) is 6.07 Å². The van der Waals surface area contributed by atoms with Crippen LogP contribution in [-0.4, -0.2) is 5.11 Å². The Morgan fingerprint density at radius 3 is 3.00 bits per heavy atom. The van der Waals surface area contributed by atoms with Crippen molar-refractivity contribution in [1.29, 1.82) is 0 Å². The van der Waals surface area contributed by atoms with Gasteiger partial charge in [0.1, 0.15) is 5.75 Å². The molecule has 1 nitrogen and oxygen atoms in total. The van der Waals surface area contributed by atoms with E-state index in [1.165, 1.54) is 0 Å². The molecule has 1 aromatic carbocycles. The number of benzene rings is 1. The summed E-state index contributed by atoms with van der Waals surface area (Å²) in [6.45, 7) is 2.14. The quantitative estimate of drug-likeness (QED) is 0.700. The third-order valence-electron chi connectivity index (χ3n) is 1.70. The first kappa shape index (κ1) is 8.12. The van der Waals surface area contributed by atoms with Gasteiger partial charge in [0.25, 0.3) is 0 Å². The van der Waals surface area contributed by atoms with E-state index in [1.54, 1.807) is 12.1 Å². The lowest BCUT2D eigenvalue weighted by atomic mass is 10.1. The highest BCUT2D eigenvalue weighted by molar-refractivity contribution is 5.30. The zero-order valence-corrected chi connectivity index (χ0v) is 6.80. The SMILES string of the molecule is CCCCc1[c]cccc1O. The fraction of sp³-hybridized carbons (Fsp3) is 0.400. The normalized spacial score (nSPS) is 9.91. The molecule has 0 aliphatic carbocycles. The van der Waals surface area contributed by atoms with Gasteiger partial charge in [0.2, 0.25) is 0 Å². The maximum absolute atomic E-state index is 9.31. The van der Waals surface area contributed by atoms with Gasteiger partial charge in [0.05, 0.1) is 0 Å². The Balaban J connectivity index is 2.62. The van der Waals surface area contributed by atoms with E-state index < -0.39 is 0 Å². The van der Waals surface area contributed by atoms with Crippen LogP contribution >= 0.6 is 0 Å². The molecular formula is C10H13O. The third kappa shape index (κ3) is 2.26. The molecule has 1 heteroatoms. The first-order valence-electron chi connectivity index (χ1n) is 4.03. The molecule has 11 heavy (non-hydrogen) atoms. The van der Waals surface area contributed by atoms with Crippen molar-refractivity contribution in [2.24, 2.45) is 0 Å². The third-order valence-corrected chi connectivity index (χ3v) is 1.70. The molecule has 1 rings (SSSR count). The van der Waals surface area contributed by atoms with Crippen molar-refractivity contribution in [1.82, 2.24) is 0 Å². The summed E-state index contributed by atoms with van der Waals surface area (Å²) in [5, 5.41) is 9.31. The van der Waals surface area contributed by atoms with E-state index in [0.717, 1.165) is 24.8 Å². The largest absolute Gasteiger partial charge is 0.508 e. The standard InChI is InChI=1S/C10H13O/c1-2-3-6-9-7-4-5-8-10(9)11/h4-5,8,11H,2-3,6H2,1H3. The predicted octanol–water partition coefficient (Wildman–Crippen LogP) is 2.53. The lowest BCUT2D eigenvalue weighted by Crippen LogP contribution is -1.84. The van der Waals surface area contributed by atoms with Crippen LogP contribution < -0.4 is 0 Å². The van der Waals surface area contributed by atoms with E-state index in [2.05, 4.69) is 13.0 Å². The summed E-state index contributed by atoms with van der Waals surface area (Å²) in [6.07, 6.45) is 3.21. The Morgan fingerprint density at radius 1 is 1.55 bits per heavy atom. The molecule has 0 fully saturated rings. The second kappa shape index (κ2) is 4.02. The summed E-state index contributed by atoms with van der Waals surface area (Å²) in [5.74, 6) is 0.376. The summed E-state index contributed by atoms with van der Waals surface area (Å²) in [7, 11) is 0. The molecule has 0 atom stereocenters. The van der Waals surface area contributed by atoms with E-state index in [9.17, 15) is 5.11 Å². The van der Waals surface area contributed by atoms with Crippen molar-refractivity contribution >= 4 is 0 Å². The van der Waals surface area contributed by atoms with Crippen LogP contribution in [0.5, 0.6) is 5.75 Å². The Bertz CT molecular complexity index is 218. The number of hydrogen-bond donors (Lipinski definition) is 1. The van der Waals surface area contributed by atoms with Gasteiger partial charge in [-0.1, -0.05) is 25.5 Å². The first-order chi connectivity index (χ1) is 5.34. The van der Waals surface area contributed by atoms with E-state index in [0.29, 0.717) is 5.75 Å². The minimum atomic E-state index is 0.376. The number of rotatable bonds is 3. The molecule has 59 valence electrons. The van der Waals surface area contributed by atoms with E-state index >= 15 is 0 Å². The van der Waals surface area contributed by atoms with Gasteiger partial charge < -0.3 is 5.11 Å². The average Bonchev–Trinajstić information content (AvgIpc) is 2.03. The van der Waals surface area contributed by atoms with Crippen molar-refractivity contribution in [2.75, 3.05) is 0 Å². The maximum Gasteiger partial charge on any atom is 0.119 e. The fourth-order valence-corrected chi connectivity index (χ4v) is 1.02. The summed E-state index contributed by atoms with van der Waals surface area (Å²) in [5.41, 5.74) is 0.939. The average molecular weight is 149 g/mol. The molecule has 0 spiro atoms. The number of aryl methyl sites for hydroxylation is 1. The molecule has 0 amide bonds. The Labute approximate surface area is 67.7 Å². The fourth-order valence-electron chi connectivity index (χ4n) is 1.02. The van der Waals surface area contributed by atoms with Crippen LogP contribution in [0.2, 0.25) is 0 Å². The summed E-state index contributed by atoms with van der Waals surface area (Å²) in [6, 6.07) is 8.37. The summed E-state index contributed by atoms with van der Waals surface area (Å²) in [4.78, 5) is 0. The first-order valence-corrected chi connectivity index (χ1v) is 4.03. The molecular weight excluding hydrogens is 136 g/mol. The minimum Gasteiger partial charge on any atom is -0.508 e. The van der Waals surface area contributed by atoms with Crippen molar-refractivity contribution in [3.63, 3.8) is 0 Å². The molecule has 0 heterocycles. The monoisotopic (exact) mass is 149 g/mol. The molecule has 1 radical (unpaired) electrons. The van der Waals surface area contributed by atoms with Crippen LogP contribution in [0.4, 0.5) is 0 Å². The van der Waals surface area contributed by atoms with Crippen LogP contribution in [-0.2, 0) is 6.42 Å². The number of hydrogen-bond acceptors (Lipinski definition) is 1. The summed E-state index contributed by atoms with van der Waals surface area (Å²) < 4.78 is 0. The van der Waals surface area contributed by atoms with Gasteiger partial charge in [0, 0.05) is 5.56 Å². The van der Waals surface area contributed by atoms with Crippen molar-refractivity contribution in [2.45, 2.75) is 26.2 Å². The molecule has 0 aliphatic heterocycles. The van der Waals surface area contributed by atoms with Gasteiger partial charge in [-0.3, -0.25) is 0 Å². The highest BCUT2D eigenvalue weighted by Crippen LogP contribution is 2.16. The van der Waals surface area contributed by atoms with Crippen LogP contribution in [0.15, 0.2) is 18.2 Å². The lowest BCUT2D eigenvalue weighted by Gasteiger charge is -2.00. The minimum absolute atomic E-state index is 0.376. The highest BCUT2D eigenvalue weighted by atomic mass is 16.3. The molecule has 0 saturated heterocycles. The van der Waals surface area contributed by atoms with Crippen LogP contribution in [0.25, 0.3) is 0 Å². The zero-order valence-electron chi connectivity index (χ0n) is 6.80. The highest BCUT2D eigenvalue weighted by Gasteiger charge is 1.97. The molecule has 0 bridgehead atoms. The predicted molar refractivity (Wildman–Crippen MR) is 45.6 cm³/mol. The van der Waals surface area contributed by atoms with Gasteiger partial charge in [-0.25, -0.2) is 0 Å². The van der Waals surface area contributed by atoms with E-state index in [4.69, 9.17) is 0 Å². The molecule has 1 N–H and O–H groups in total. The van der Waals surface area contributed by atoms with Gasteiger partial charge >= 0.3 is 0 Å². The second-order valence-electron chi connectivity index (χ2n) is 2.64. The number of phenols is 1. The number of phenolic OH excluding ortho intramolecular Hbond substituents is 1. The molecule has 0 aromatic heterocycles. The molecule has 0 aliphatic rings. The summed E-state index contributed by atoms with van der Waals surface area (Å²) >= 11 is 0. The van der Waals surface area contributed by atoms with Crippen LogP contribution in [0.1, 0.15) is 25.3 Å². The van der Waals surface area contributed by atoms with Gasteiger partial charge in [-0.2, -0.15) is 0 Å². The maximum atomic E-state index is 9.31. The Kier molecular flexibility index (Phi) is 2.96. The van der Waals surface area contributed by atoms with E-state index in [-0.39, 0.29) is 0 Å². The van der Waals surface area contributed by atoms with Gasteiger partial charge in [-0.15, -0.1) is 0 Å². The van der Waals surface area contributed by atoms with Crippen molar-refractivity contribution < 1.29 is 5.11 Å². The van der Waals surface area contributed by atoms with Gasteiger partial charge in [0.15, 0.2) is 0 Å². The zero-order chi connectivity index (χ0) is 8.10. The molecule has 1 aromatic rings. The van der Waals surface area contributed by atoms with Crippen molar-refractivity contribution in [3.8, 4) is 5.75 Å². The number of unbranched alkanes of at least 4 members (excludes halogenated alkanes) is 1. The van der Waals surface area contributed by atoms with Crippen LogP contribution in [0.3, 0.4) is 0 Å². The number of aromatic hydroxyl groups is 1. The molecule has 0 saturated carbocycles. The van der Waals surface area contributed by atoms with E-state index in [1.807, 2.05) is 6.07 Å². The smallest absolute Gasteiger partial charge is 0.119 e. The second-order valence-corrected chi connectivity index (χ2v) is 2.64.